The van der Waals surface area contributed by atoms with Crippen molar-refractivity contribution in [3.8, 4) is 11.6 Å². The molecule has 2 aromatic rings. The molecular formula is C25H34N4O2. The highest BCUT2D eigenvalue weighted by molar-refractivity contribution is 5.79. The van der Waals surface area contributed by atoms with Crippen LogP contribution in [-0.2, 0) is 11.2 Å². The predicted molar refractivity (Wildman–Crippen MR) is 122 cm³/mol. The highest BCUT2D eigenvalue weighted by Gasteiger charge is 2.29. The van der Waals surface area contributed by atoms with Crippen LogP contribution in [0, 0.1) is 11.8 Å². The second-order valence-corrected chi connectivity index (χ2v) is 8.95. The third-order valence-corrected chi connectivity index (χ3v) is 6.81. The molecule has 1 saturated heterocycles. The minimum atomic E-state index is 0.0972. The molecule has 4 rings (SSSR count). The van der Waals surface area contributed by atoms with Gasteiger partial charge in [-0.15, -0.1) is 0 Å². The van der Waals surface area contributed by atoms with Gasteiger partial charge in [-0.2, -0.15) is 0 Å². The number of rotatable bonds is 6. The summed E-state index contributed by atoms with van der Waals surface area (Å²) in [6.07, 6.45) is 9.13. The molecule has 1 aliphatic heterocycles. The maximum atomic E-state index is 12.8. The average molecular weight is 423 g/mol. The van der Waals surface area contributed by atoms with E-state index in [0.29, 0.717) is 17.8 Å². The van der Waals surface area contributed by atoms with Crippen LogP contribution in [0.1, 0.15) is 57.9 Å². The minimum Gasteiger partial charge on any atom is -0.439 e. The lowest BCUT2D eigenvalue weighted by Gasteiger charge is -2.35. The number of hydrogen-bond donors (Lipinski definition) is 1. The van der Waals surface area contributed by atoms with Crippen molar-refractivity contribution < 1.29 is 9.53 Å². The van der Waals surface area contributed by atoms with E-state index in [9.17, 15) is 4.79 Å². The SMILES string of the molecule is CCc1ccc(Oc2cc(N3CCC(C(=O)NC4CCCCC4C)CC3)ncn2)cc1. The molecule has 31 heavy (non-hydrogen) atoms. The Bertz CT molecular complexity index is 862. The van der Waals surface area contributed by atoms with Crippen LogP contribution in [0.3, 0.4) is 0 Å². The van der Waals surface area contributed by atoms with Crippen molar-refractivity contribution in [1.29, 1.82) is 0 Å². The molecule has 0 spiro atoms. The summed E-state index contributed by atoms with van der Waals surface area (Å²) in [6, 6.07) is 10.3. The molecule has 1 aromatic carbocycles. The largest absolute Gasteiger partial charge is 0.439 e. The fourth-order valence-electron chi connectivity index (χ4n) is 4.67. The molecule has 1 aliphatic carbocycles. The highest BCUT2D eigenvalue weighted by Crippen LogP contribution is 2.28. The standard InChI is InChI=1S/C25H34N4O2/c1-3-19-8-10-21(11-9-19)31-24-16-23(26-17-27-24)29-14-12-20(13-15-29)25(30)28-22-7-5-4-6-18(22)2/h8-11,16-18,20,22H,3-7,12-15H2,1-2H3,(H,28,30). The summed E-state index contributed by atoms with van der Waals surface area (Å²) in [5.41, 5.74) is 1.28. The third-order valence-electron chi connectivity index (χ3n) is 6.81. The highest BCUT2D eigenvalue weighted by atomic mass is 16.5. The first kappa shape index (κ1) is 21.6. The summed E-state index contributed by atoms with van der Waals surface area (Å²) in [7, 11) is 0. The lowest BCUT2D eigenvalue weighted by molar-refractivity contribution is -0.126. The summed E-state index contributed by atoms with van der Waals surface area (Å²) < 4.78 is 5.92. The van der Waals surface area contributed by atoms with Gasteiger partial charge in [0.2, 0.25) is 11.8 Å². The summed E-state index contributed by atoms with van der Waals surface area (Å²) in [5.74, 6) is 3.10. The number of carbonyl (C=O) groups is 1. The fraction of sp³-hybridized carbons (Fsp3) is 0.560. The topological polar surface area (TPSA) is 67.3 Å². The van der Waals surface area contributed by atoms with Gasteiger partial charge < -0.3 is 15.0 Å². The summed E-state index contributed by atoms with van der Waals surface area (Å²) in [5, 5.41) is 3.33. The molecule has 6 heteroatoms. The smallest absolute Gasteiger partial charge is 0.224 e. The van der Waals surface area contributed by atoms with Crippen LogP contribution in [0.5, 0.6) is 11.6 Å². The maximum absolute atomic E-state index is 12.8. The lowest BCUT2D eigenvalue weighted by Crippen LogP contribution is -2.46. The molecule has 2 unspecified atom stereocenters. The number of anilines is 1. The van der Waals surface area contributed by atoms with Gasteiger partial charge in [-0.05, 0) is 55.7 Å². The second-order valence-electron chi connectivity index (χ2n) is 8.95. The van der Waals surface area contributed by atoms with Crippen LogP contribution in [0.15, 0.2) is 36.7 Å². The van der Waals surface area contributed by atoms with E-state index in [1.165, 1.54) is 24.8 Å². The van der Waals surface area contributed by atoms with Crippen molar-refractivity contribution in [3.63, 3.8) is 0 Å². The van der Waals surface area contributed by atoms with E-state index >= 15 is 0 Å². The summed E-state index contributed by atoms with van der Waals surface area (Å²) in [6.45, 7) is 6.04. The maximum Gasteiger partial charge on any atom is 0.224 e. The van der Waals surface area contributed by atoms with Crippen molar-refractivity contribution in [2.45, 2.75) is 64.8 Å². The van der Waals surface area contributed by atoms with Gasteiger partial charge in [0.05, 0.1) is 0 Å². The molecule has 2 aliphatic rings. The number of ether oxygens (including phenoxy) is 1. The number of aryl methyl sites for hydroxylation is 1. The molecule has 2 heterocycles. The van der Waals surface area contributed by atoms with Gasteiger partial charge in [0.15, 0.2) is 0 Å². The second kappa shape index (κ2) is 10.1. The van der Waals surface area contributed by atoms with Crippen LogP contribution in [0.4, 0.5) is 5.82 Å². The van der Waals surface area contributed by atoms with E-state index in [2.05, 4.69) is 46.2 Å². The number of hydrogen-bond acceptors (Lipinski definition) is 5. The Morgan fingerprint density at radius 3 is 2.55 bits per heavy atom. The van der Waals surface area contributed by atoms with Gasteiger partial charge in [0, 0.05) is 31.1 Å². The number of piperidine rings is 1. The molecule has 166 valence electrons. The Morgan fingerprint density at radius 2 is 1.84 bits per heavy atom. The zero-order valence-electron chi connectivity index (χ0n) is 18.7. The van der Waals surface area contributed by atoms with Crippen molar-refractivity contribution in [2.75, 3.05) is 18.0 Å². The molecular weight excluding hydrogens is 388 g/mol. The number of nitrogens with one attached hydrogen (secondary N) is 1. The molecule has 6 nitrogen and oxygen atoms in total. The van der Waals surface area contributed by atoms with Gasteiger partial charge in [-0.25, -0.2) is 9.97 Å². The number of nitrogens with zero attached hydrogens (tertiary/aromatic N) is 3. The van der Waals surface area contributed by atoms with Gasteiger partial charge in [0.25, 0.3) is 0 Å². The van der Waals surface area contributed by atoms with Crippen molar-refractivity contribution in [2.24, 2.45) is 11.8 Å². The van der Waals surface area contributed by atoms with Crippen molar-refractivity contribution in [3.05, 3.63) is 42.2 Å². The Hall–Kier alpha value is -2.63. The van der Waals surface area contributed by atoms with Gasteiger partial charge in [0.1, 0.15) is 17.9 Å². The van der Waals surface area contributed by atoms with Crippen LogP contribution in [-0.4, -0.2) is 35.0 Å². The van der Waals surface area contributed by atoms with Crippen molar-refractivity contribution >= 4 is 11.7 Å². The number of carbonyl (C=O) groups excluding carboxylic acids is 1. The minimum absolute atomic E-state index is 0.0972. The van der Waals surface area contributed by atoms with E-state index < -0.39 is 0 Å². The normalized spacial score (nSPS) is 22.2. The zero-order chi connectivity index (χ0) is 21.6. The Labute approximate surface area is 185 Å². The molecule has 0 radical (unpaired) electrons. The van der Waals surface area contributed by atoms with E-state index in [-0.39, 0.29) is 11.8 Å². The van der Waals surface area contributed by atoms with Crippen molar-refractivity contribution in [1.82, 2.24) is 15.3 Å². The molecule has 1 amide bonds. The van der Waals surface area contributed by atoms with E-state index in [0.717, 1.165) is 50.3 Å². The van der Waals surface area contributed by atoms with Gasteiger partial charge in [-0.3, -0.25) is 4.79 Å². The Morgan fingerprint density at radius 1 is 1.10 bits per heavy atom. The van der Waals surface area contributed by atoms with Crippen LogP contribution >= 0.6 is 0 Å². The first-order chi connectivity index (χ1) is 15.1. The molecule has 1 aromatic heterocycles. The summed E-state index contributed by atoms with van der Waals surface area (Å²) in [4.78, 5) is 23.7. The lowest BCUT2D eigenvalue weighted by atomic mass is 9.85. The van der Waals surface area contributed by atoms with Gasteiger partial charge in [-0.1, -0.05) is 38.8 Å². The molecule has 1 saturated carbocycles. The van der Waals surface area contributed by atoms with Gasteiger partial charge >= 0.3 is 0 Å². The number of benzene rings is 1. The monoisotopic (exact) mass is 422 g/mol. The Kier molecular flexibility index (Phi) is 7.05. The molecule has 2 fully saturated rings. The molecule has 0 bridgehead atoms. The van der Waals surface area contributed by atoms with Crippen LogP contribution < -0.4 is 15.0 Å². The first-order valence-corrected chi connectivity index (χ1v) is 11.8. The van der Waals surface area contributed by atoms with E-state index in [1.54, 1.807) is 6.33 Å². The van der Waals surface area contributed by atoms with Crippen LogP contribution in [0.2, 0.25) is 0 Å². The number of aromatic nitrogens is 2. The van der Waals surface area contributed by atoms with E-state index in [4.69, 9.17) is 4.74 Å². The summed E-state index contributed by atoms with van der Waals surface area (Å²) >= 11 is 0. The molecule has 1 N–H and O–H groups in total. The third kappa shape index (κ3) is 5.54. The average Bonchev–Trinajstić information content (AvgIpc) is 2.81. The Balaban J connectivity index is 1.31. The predicted octanol–water partition coefficient (Wildman–Crippen LogP) is 4.74. The van der Waals surface area contributed by atoms with E-state index in [1.807, 2.05) is 18.2 Å². The number of amides is 1. The van der Waals surface area contributed by atoms with Crippen LogP contribution in [0.25, 0.3) is 0 Å². The first-order valence-electron chi connectivity index (χ1n) is 11.8. The fourth-order valence-corrected chi connectivity index (χ4v) is 4.67. The zero-order valence-corrected chi connectivity index (χ0v) is 18.7. The molecule has 2 atom stereocenters. The quantitative estimate of drug-likeness (QED) is 0.728.